The molecule has 0 heterocycles. The normalized spacial score (nSPS) is 34.7. The Hall–Kier alpha value is -4.84. The Morgan fingerprint density at radius 2 is 1.23 bits per heavy atom. The summed E-state index contributed by atoms with van der Waals surface area (Å²) in [6.07, 6.45) is -5.96. The van der Waals surface area contributed by atoms with Crippen LogP contribution in [0.5, 0.6) is 0 Å². The monoisotopic (exact) mass is 718 g/mol. The third-order valence-corrected chi connectivity index (χ3v) is 11.4. The highest BCUT2D eigenvalue weighted by molar-refractivity contribution is 5.97. The van der Waals surface area contributed by atoms with Gasteiger partial charge in [-0.25, -0.2) is 9.59 Å². The minimum atomic E-state index is -2.55. The fourth-order valence-electron chi connectivity index (χ4n) is 9.28. The van der Waals surface area contributed by atoms with E-state index >= 15 is 0 Å². The molecule has 2 aromatic carbocycles. The van der Waals surface area contributed by atoms with E-state index in [0.29, 0.717) is 0 Å². The first-order valence-corrected chi connectivity index (χ1v) is 17.3. The number of hydrogen-bond donors (Lipinski definition) is 1. The van der Waals surface area contributed by atoms with E-state index in [2.05, 4.69) is 6.58 Å². The predicted molar refractivity (Wildman–Crippen MR) is 184 cm³/mol. The van der Waals surface area contributed by atoms with E-state index < -0.39 is 99.8 Å². The van der Waals surface area contributed by atoms with E-state index in [-0.39, 0.29) is 24.0 Å². The summed E-state index contributed by atoms with van der Waals surface area (Å²) in [5.74, 6) is -6.85. The number of ketones is 1. The minimum Gasteiger partial charge on any atom is -0.459 e. The summed E-state index contributed by atoms with van der Waals surface area (Å²) in [5.41, 5.74) is -6.47. The van der Waals surface area contributed by atoms with Gasteiger partial charge in [0.2, 0.25) is 0 Å². The maximum absolute atomic E-state index is 14.8. The molecular weight excluding hydrogens is 672 g/mol. The van der Waals surface area contributed by atoms with Gasteiger partial charge in [-0.3, -0.25) is 19.2 Å². The van der Waals surface area contributed by atoms with E-state index in [0.717, 1.165) is 13.8 Å². The quantitative estimate of drug-likeness (QED) is 0.225. The fraction of sp³-hybridized carbons (Fsp3) is 0.500. The zero-order chi connectivity index (χ0) is 38.4. The molecule has 0 aliphatic heterocycles. The Kier molecular flexibility index (Phi) is 10.3. The summed E-state index contributed by atoms with van der Waals surface area (Å²) in [6, 6.07) is 16.2. The van der Waals surface area contributed by atoms with Crippen LogP contribution in [-0.4, -0.2) is 76.9 Å². The van der Waals surface area contributed by atoms with Gasteiger partial charge in [0.15, 0.2) is 17.5 Å². The highest BCUT2D eigenvalue weighted by atomic mass is 16.6. The van der Waals surface area contributed by atoms with Gasteiger partial charge in [-0.15, -0.1) is 6.58 Å². The molecule has 3 fully saturated rings. The van der Waals surface area contributed by atoms with Crippen molar-refractivity contribution in [3.05, 3.63) is 84.4 Å². The number of carbonyl (C=O) groups excluding carboxylic acids is 6. The molecular formula is C40H46O12. The van der Waals surface area contributed by atoms with Gasteiger partial charge in [0.05, 0.1) is 16.5 Å². The summed E-state index contributed by atoms with van der Waals surface area (Å²) < 4.78 is 30.2. The number of hydrogen-bond acceptors (Lipinski definition) is 12. The van der Waals surface area contributed by atoms with Crippen LogP contribution < -0.4 is 0 Å². The van der Waals surface area contributed by atoms with Crippen LogP contribution >= 0.6 is 0 Å². The first-order valence-electron chi connectivity index (χ1n) is 17.3. The fourth-order valence-corrected chi connectivity index (χ4v) is 9.28. The van der Waals surface area contributed by atoms with Gasteiger partial charge >= 0.3 is 29.8 Å². The SMILES string of the molecule is C=C[C@]1(C)C[C@@H](OC(=O)c2ccccc2)[C@H]2[C@](O)(C1=O)[C@H](OC(C)=O)C[C@H]1C(C)(C)[C@H](OC(C)=O)[C@H](OC(C)=O)[C@H](OC(=O)c3ccccc3)[C@@]12C. The Balaban J connectivity index is 1.82. The van der Waals surface area contributed by atoms with Crippen molar-refractivity contribution < 1.29 is 57.6 Å². The highest BCUT2D eigenvalue weighted by Crippen LogP contribution is 2.68. The molecule has 0 saturated heterocycles. The molecule has 12 nitrogen and oxygen atoms in total. The van der Waals surface area contributed by atoms with Gasteiger partial charge in [-0.1, -0.05) is 63.2 Å². The standard InChI is InChI=1S/C40H46O12/c1-9-38(7)21-27(51-34(44)25-16-12-10-13-17-25)31-39(8)28(20-29(48-22(2)41)40(31,47)36(38)46)37(5,6)32(50-24(4)43)30(49-23(3)42)33(39)52-35(45)26-18-14-11-15-19-26/h9-19,27-33,47H,1,20-21H2,2-8H3/t27-,28+,29-,30+,31-,32-,33+,38-,39+,40+/m1/s1. The molecule has 52 heavy (non-hydrogen) atoms. The molecule has 0 amide bonds. The van der Waals surface area contributed by atoms with Crippen molar-refractivity contribution in [1.82, 2.24) is 0 Å². The van der Waals surface area contributed by atoms with Crippen LogP contribution in [0.3, 0.4) is 0 Å². The Morgan fingerprint density at radius 1 is 0.731 bits per heavy atom. The number of allylic oxidation sites excluding steroid dienone is 1. The molecule has 0 radical (unpaired) electrons. The number of benzene rings is 2. The summed E-state index contributed by atoms with van der Waals surface area (Å²) in [4.78, 5) is 80.9. The summed E-state index contributed by atoms with van der Waals surface area (Å²) in [6.45, 7) is 14.1. The van der Waals surface area contributed by atoms with Crippen LogP contribution in [-0.2, 0) is 42.9 Å². The van der Waals surface area contributed by atoms with Crippen LogP contribution in [0.2, 0.25) is 0 Å². The molecule has 0 spiro atoms. The van der Waals surface area contributed by atoms with Gasteiger partial charge < -0.3 is 28.8 Å². The average Bonchev–Trinajstić information content (AvgIpc) is 3.08. The lowest BCUT2D eigenvalue weighted by atomic mass is 9.38. The minimum absolute atomic E-state index is 0.146. The van der Waals surface area contributed by atoms with Gasteiger partial charge in [-0.2, -0.15) is 0 Å². The van der Waals surface area contributed by atoms with Crippen LogP contribution in [0.4, 0.5) is 0 Å². The van der Waals surface area contributed by atoms with Crippen molar-refractivity contribution in [3.8, 4) is 0 Å². The average molecular weight is 719 g/mol. The van der Waals surface area contributed by atoms with Gasteiger partial charge in [-0.05, 0) is 43.5 Å². The number of rotatable bonds is 8. The predicted octanol–water partition coefficient (Wildman–Crippen LogP) is 4.81. The second kappa shape index (κ2) is 13.9. The van der Waals surface area contributed by atoms with Gasteiger partial charge in [0.25, 0.3) is 0 Å². The van der Waals surface area contributed by atoms with E-state index in [4.69, 9.17) is 23.7 Å². The molecule has 3 saturated carbocycles. The molecule has 0 bridgehead atoms. The molecule has 1 N–H and O–H groups in total. The van der Waals surface area contributed by atoms with Crippen molar-refractivity contribution in [2.24, 2.45) is 28.1 Å². The summed E-state index contributed by atoms with van der Waals surface area (Å²) in [7, 11) is 0. The molecule has 278 valence electrons. The van der Waals surface area contributed by atoms with Crippen molar-refractivity contribution >= 4 is 35.6 Å². The largest absolute Gasteiger partial charge is 0.459 e. The zero-order valence-corrected chi connectivity index (χ0v) is 30.5. The van der Waals surface area contributed by atoms with Crippen LogP contribution in [0, 0.1) is 28.1 Å². The third kappa shape index (κ3) is 6.42. The molecule has 5 rings (SSSR count). The molecule has 3 aliphatic rings. The van der Waals surface area contributed by atoms with Crippen molar-refractivity contribution in [1.29, 1.82) is 0 Å². The number of aliphatic hydroxyl groups is 1. The molecule has 10 atom stereocenters. The van der Waals surface area contributed by atoms with Crippen LogP contribution in [0.25, 0.3) is 0 Å². The molecule has 12 heteroatoms. The third-order valence-electron chi connectivity index (χ3n) is 11.4. The second-order valence-electron chi connectivity index (χ2n) is 15.1. The number of fused-ring (bicyclic) bond motifs is 3. The molecule has 0 unspecified atom stereocenters. The topological polar surface area (TPSA) is 169 Å². The number of esters is 5. The Bertz CT molecular complexity index is 1750. The van der Waals surface area contributed by atoms with Gasteiger partial charge in [0, 0.05) is 43.9 Å². The maximum atomic E-state index is 14.8. The number of Topliss-reactive ketones (excluding diaryl/α,β-unsaturated/α-hetero) is 1. The Labute approximate surface area is 302 Å². The van der Waals surface area contributed by atoms with E-state index in [9.17, 15) is 33.9 Å². The second-order valence-corrected chi connectivity index (χ2v) is 15.1. The van der Waals surface area contributed by atoms with Crippen LogP contribution in [0.1, 0.15) is 82.0 Å². The zero-order valence-electron chi connectivity index (χ0n) is 30.5. The Morgan fingerprint density at radius 3 is 1.71 bits per heavy atom. The molecule has 0 aromatic heterocycles. The lowest BCUT2D eigenvalue weighted by molar-refractivity contribution is -0.314. The van der Waals surface area contributed by atoms with E-state index in [1.807, 2.05) is 0 Å². The van der Waals surface area contributed by atoms with Crippen molar-refractivity contribution in [2.45, 2.75) is 97.4 Å². The number of carbonyl (C=O) groups is 6. The first-order chi connectivity index (χ1) is 24.3. The number of ether oxygens (including phenoxy) is 5. The van der Waals surface area contributed by atoms with Gasteiger partial charge in [0.1, 0.15) is 24.4 Å². The van der Waals surface area contributed by atoms with E-state index in [1.165, 1.54) is 25.1 Å². The molecule has 2 aromatic rings. The summed E-state index contributed by atoms with van der Waals surface area (Å²) in [5, 5.41) is 13.1. The maximum Gasteiger partial charge on any atom is 0.338 e. The molecule has 3 aliphatic carbocycles. The highest BCUT2D eigenvalue weighted by Gasteiger charge is 2.79. The summed E-state index contributed by atoms with van der Waals surface area (Å²) >= 11 is 0. The van der Waals surface area contributed by atoms with Crippen LogP contribution in [0.15, 0.2) is 73.3 Å². The van der Waals surface area contributed by atoms with E-state index in [1.54, 1.807) is 76.2 Å². The lowest BCUT2D eigenvalue weighted by Gasteiger charge is -2.69. The lowest BCUT2D eigenvalue weighted by Crippen LogP contribution is -2.81. The van der Waals surface area contributed by atoms with Crippen molar-refractivity contribution in [3.63, 3.8) is 0 Å². The van der Waals surface area contributed by atoms with Crippen molar-refractivity contribution in [2.75, 3.05) is 0 Å². The first kappa shape index (κ1) is 38.4. The smallest absolute Gasteiger partial charge is 0.338 e.